The Morgan fingerprint density at radius 1 is 1.29 bits per heavy atom. The zero-order chi connectivity index (χ0) is 14.8. The summed E-state index contributed by atoms with van der Waals surface area (Å²) in [4.78, 5) is 6.58. The fraction of sp³-hybridized carbons (Fsp3) is 0.467. The van der Waals surface area contributed by atoms with Crippen LogP contribution in [0.3, 0.4) is 0 Å². The summed E-state index contributed by atoms with van der Waals surface area (Å²) in [6.07, 6.45) is 0. The van der Waals surface area contributed by atoms with Crippen LogP contribution < -0.4 is 10.6 Å². The highest BCUT2D eigenvalue weighted by molar-refractivity contribution is 5.85. The number of aryl methyl sites for hydroxylation is 1. The Kier molecular flexibility index (Phi) is 5.75. The van der Waals surface area contributed by atoms with E-state index in [-0.39, 0.29) is 12.4 Å². The topological polar surface area (TPSA) is 68.2 Å². The lowest BCUT2D eigenvalue weighted by Gasteiger charge is -2.23. The Bertz CT molecular complexity index is 577. The summed E-state index contributed by atoms with van der Waals surface area (Å²) in [6.45, 7) is 9.39. The molecule has 0 saturated heterocycles. The minimum atomic E-state index is -0.582. The molecule has 0 unspecified atom stereocenters. The van der Waals surface area contributed by atoms with Crippen LogP contribution in [-0.4, -0.2) is 16.7 Å². The summed E-state index contributed by atoms with van der Waals surface area (Å²) < 4.78 is 5.30. The molecule has 1 aromatic carbocycles. The first-order valence-electron chi connectivity index (χ1n) is 6.84. The van der Waals surface area contributed by atoms with Crippen LogP contribution in [0.1, 0.15) is 38.0 Å². The summed E-state index contributed by atoms with van der Waals surface area (Å²) >= 11 is 0. The van der Waals surface area contributed by atoms with Crippen LogP contribution in [0.5, 0.6) is 0 Å². The van der Waals surface area contributed by atoms with Gasteiger partial charge in [-0.05, 0) is 39.3 Å². The third kappa shape index (κ3) is 4.19. The summed E-state index contributed by atoms with van der Waals surface area (Å²) in [5.41, 5.74) is 7.80. The van der Waals surface area contributed by atoms with Crippen molar-refractivity contribution >= 4 is 18.1 Å². The fourth-order valence-electron chi connectivity index (χ4n) is 2.03. The molecule has 0 aliphatic heterocycles. The fourth-order valence-corrected chi connectivity index (χ4v) is 2.03. The van der Waals surface area contributed by atoms with Crippen molar-refractivity contribution in [3.63, 3.8) is 0 Å². The predicted octanol–water partition coefficient (Wildman–Crippen LogP) is 3.02. The molecule has 0 fully saturated rings. The molecule has 1 heterocycles. The second-order valence-corrected chi connectivity index (χ2v) is 5.53. The van der Waals surface area contributed by atoms with Gasteiger partial charge in [-0.25, -0.2) is 0 Å². The largest absolute Gasteiger partial charge is 0.362 e. The minimum Gasteiger partial charge on any atom is -0.362 e. The molecule has 21 heavy (non-hydrogen) atoms. The standard InChI is InChI=1S/C15H22N4O.ClH/c1-5-19(12-9-7-6-8-11(12)2)10-13-17-14(18-20-13)15(3,4)16;/h6-9H,5,10,16H2,1-4H3;1H. The summed E-state index contributed by atoms with van der Waals surface area (Å²) in [6, 6.07) is 8.27. The maximum Gasteiger partial charge on any atom is 0.246 e. The molecule has 0 aliphatic rings. The second-order valence-electron chi connectivity index (χ2n) is 5.53. The number of para-hydroxylation sites is 1. The van der Waals surface area contributed by atoms with Gasteiger partial charge in [0, 0.05) is 12.2 Å². The first-order chi connectivity index (χ1) is 9.41. The normalized spacial score (nSPS) is 11.1. The lowest BCUT2D eigenvalue weighted by molar-refractivity contribution is 0.359. The van der Waals surface area contributed by atoms with Gasteiger partial charge in [0.15, 0.2) is 5.82 Å². The van der Waals surface area contributed by atoms with Crippen LogP contribution in [0.15, 0.2) is 28.8 Å². The SMILES string of the molecule is CCN(Cc1nc(C(C)(C)N)no1)c1ccccc1C.Cl. The molecule has 0 saturated carbocycles. The van der Waals surface area contributed by atoms with Gasteiger partial charge in [-0.3, -0.25) is 0 Å². The van der Waals surface area contributed by atoms with E-state index in [9.17, 15) is 0 Å². The monoisotopic (exact) mass is 310 g/mol. The smallest absolute Gasteiger partial charge is 0.246 e. The molecule has 1 aromatic heterocycles. The molecule has 2 aromatic rings. The summed E-state index contributed by atoms with van der Waals surface area (Å²) in [5.74, 6) is 1.12. The Morgan fingerprint density at radius 3 is 2.48 bits per heavy atom. The number of hydrogen-bond donors (Lipinski definition) is 1. The van der Waals surface area contributed by atoms with Gasteiger partial charge in [0.2, 0.25) is 5.89 Å². The van der Waals surface area contributed by atoms with Gasteiger partial charge in [-0.2, -0.15) is 4.98 Å². The molecule has 116 valence electrons. The third-order valence-corrected chi connectivity index (χ3v) is 3.21. The highest BCUT2D eigenvalue weighted by Gasteiger charge is 2.22. The molecule has 2 rings (SSSR count). The van der Waals surface area contributed by atoms with Crippen molar-refractivity contribution in [1.29, 1.82) is 0 Å². The van der Waals surface area contributed by atoms with E-state index in [1.807, 2.05) is 26.0 Å². The van der Waals surface area contributed by atoms with E-state index in [0.717, 1.165) is 6.54 Å². The number of hydrogen-bond acceptors (Lipinski definition) is 5. The van der Waals surface area contributed by atoms with Crippen molar-refractivity contribution in [2.45, 2.75) is 39.8 Å². The number of rotatable bonds is 5. The zero-order valence-corrected chi connectivity index (χ0v) is 13.8. The molecular formula is C15H23ClN4O. The molecule has 0 aliphatic carbocycles. The first-order valence-corrected chi connectivity index (χ1v) is 6.84. The van der Waals surface area contributed by atoms with Crippen molar-refractivity contribution in [2.24, 2.45) is 5.73 Å². The van der Waals surface area contributed by atoms with Crippen molar-refractivity contribution < 1.29 is 4.52 Å². The van der Waals surface area contributed by atoms with Gasteiger partial charge < -0.3 is 15.2 Å². The van der Waals surface area contributed by atoms with Crippen LogP contribution in [0.2, 0.25) is 0 Å². The minimum absolute atomic E-state index is 0. The maximum atomic E-state index is 5.97. The predicted molar refractivity (Wildman–Crippen MR) is 86.7 cm³/mol. The van der Waals surface area contributed by atoms with Crippen LogP contribution in [0.4, 0.5) is 5.69 Å². The van der Waals surface area contributed by atoms with Crippen LogP contribution in [0.25, 0.3) is 0 Å². The summed E-state index contributed by atoms with van der Waals surface area (Å²) in [5, 5.41) is 3.95. The second kappa shape index (κ2) is 6.91. The number of benzene rings is 1. The average Bonchev–Trinajstić information content (AvgIpc) is 2.85. The number of nitrogens with two attached hydrogens (primary N) is 1. The van der Waals surface area contributed by atoms with Crippen molar-refractivity contribution in [3.05, 3.63) is 41.5 Å². The van der Waals surface area contributed by atoms with E-state index in [4.69, 9.17) is 10.3 Å². The van der Waals surface area contributed by atoms with E-state index in [1.165, 1.54) is 11.3 Å². The zero-order valence-electron chi connectivity index (χ0n) is 13.0. The lowest BCUT2D eigenvalue weighted by Crippen LogP contribution is -2.30. The molecule has 0 atom stereocenters. The van der Waals surface area contributed by atoms with E-state index < -0.39 is 5.54 Å². The highest BCUT2D eigenvalue weighted by atomic mass is 35.5. The van der Waals surface area contributed by atoms with Gasteiger partial charge >= 0.3 is 0 Å². The quantitative estimate of drug-likeness (QED) is 0.919. The molecule has 0 bridgehead atoms. The Labute approximate surface area is 131 Å². The highest BCUT2D eigenvalue weighted by Crippen LogP contribution is 2.21. The molecule has 5 nitrogen and oxygen atoms in total. The Hall–Kier alpha value is -1.59. The van der Waals surface area contributed by atoms with Gasteiger partial charge in [0.05, 0.1) is 12.1 Å². The maximum absolute atomic E-state index is 5.97. The van der Waals surface area contributed by atoms with Crippen LogP contribution in [0, 0.1) is 6.92 Å². The Balaban J connectivity index is 0.00000220. The van der Waals surface area contributed by atoms with Gasteiger partial charge in [-0.15, -0.1) is 12.4 Å². The van der Waals surface area contributed by atoms with Crippen LogP contribution >= 0.6 is 12.4 Å². The molecular weight excluding hydrogens is 288 g/mol. The molecule has 2 N–H and O–H groups in total. The van der Waals surface area contributed by atoms with Gasteiger partial charge in [0.25, 0.3) is 0 Å². The van der Waals surface area contributed by atoms with E-state index in [2.05, 4.69) is 41.0 Å². The third-order valence-electron chi connectivity index (χ3n) is 3.21. The number of anilines is 1. The van der Waals surface area contributed by atoms with Gasteiger partial charge in [-0.1, -0.05) is 23.4 Å². The van der Waals surface area contributed by atoms with E-state index in [1.54, 1.807) is 0 Å². The van der Waals surface area contributed by atoms with E-state index >= 15 is 0 Å². The van der Waals surface area contributed by atoms with Crippen LogP contribution in [-0.2, 0) is 12.1 Å². The first kappa shape index (κ1) is 17.5. The van der Waals surface area contributed by atoms with Crippen molar-refractivity contribution in [2.75, 3.05) is 11.4 Å². The number of nitrogens with zero attached hydrogens (tertiary/aromatic N) is 3. The lowest BCUT2D eigenvalue weighted by atomic mass is 10.1. The van der Waals surface area contributed by atoms with Crippen molar-refractivity contribution in [3.8, 4) is 0 Å². The number of halogens is 1. The summed E-state index contributed by atoms with van der Waals surface area (Å²) in [7, 11) is 0. The Morgan fingerprint density at radius 2 is 1.95 bits per heavy atom. The average molecular weight is 311 g/mol. The van der Waals surface area contributed by atoms with E-state index in [0.29, 0.717) is 18.3 Å². The van der Waals surface area contributed by atoms with Crippen molar-refractivity contribution in [1.82, 2.24) is 10.1 Å². The molecule has 0 amide bonds. The molecule has 6 heteroatoms. The number of aromatic nitrogens is 2. The van der Waals surface area contributed by atoms with Gasteiger partial charge in [0.1, 0.15) is 0 Å². The molecule has 0 radical (unpaired) electrons. The molecule has 0 spiro atoms.